The van der Waals surface area contributed by atoms with Crippen LogP contribution in [0.2, 0.25) is 5.02 Å². The van der Waals surface area contributed by atoms with E-state index in [-0.39, 0.29) is 15.8 Å². The number of anilines is 2. The van der Waals surface area contributed by atoms with Gasteiger partial charge in [-0.15, -0.1) is 0 Å². The Hall–Kier alpha value is -2.09. The molecule has 0 unspecified atom stereocenters. The van der Waals surface area contributed by atoms with E-state index >= 15 is 0 Å². The molecule has 2 aromatic carbocycles. The van der Waals surface area contributed by atoms with Crippen molar-refractivity contribution in [2.45, 2.75) is 30.7 Å². The van der Waals surface area contributed by atoms with Gasteiger partial charge in [0.2, 0.25) is 15.9 Å². The van der Waals surface area contributed by atoms with Crippen molar-refractivity contribution < 1.29 is 13.2 Å². The van der Waals surface area contributed by atoms with Gasteiger partial charge in [-0.25, -0.2) is 12.7 Å². The number of hydrogen-bond acceptors (Lipinski definition) is 4. The Labute approximate surface area is 171 Å². The van der Waals surface area contributed by atoms with E-state index in [1.165, 1.54) is 31.8 Å². The summed E-state index contributed by atoms with van der Waals surface area (Å²) in [6, 6.07) is 12.2. The summed E-state index contributed by atoms with van der Waals surface area (Å²) in [5.74, 6) is -0.202. The maximum absolute atomic E-state index is 12.9. The molecule has 1 N–H and O–H groups in total. The quantitative estimate of drug-likeness (QED) is 0.803. The number of sulfonamides is 1. The van der Waals surface area contributed by atoms with Crippen LogP contribution in [0.25, 0.3) is 0 Å². The van der Waals surface area contributed by atoms with Crippen molar-refractivity contribution in [2.24, 2.45) is 0 Å². The number of benzene rings is 2. The third-order valence-corrected chi connectivity index (χ3v) is 7.25. The minimum Gasteiger partial charge on any atom is -0.360 e. The zero-order chi connectivity index (χ0) is 20.5. The van der Waals surface area contributed by atoms with Gasteiger partial charge in [-0.1, -0.05) is 29.8 Å². The summed E-state index contributed by atoms with van der Waals surface area (Å²) in [5.41, 5.74) is 2.70. The number of halogens is 1. The van der Waals surface area contributed by atoms with E-state index in [4.69, 9.17) is 11.6 Å². The third kappa shape index (κ3) is 4.01. The molecule has 1 heterocycles. The van der Waals surface area contributed by atoms with E-state index in [0.29, 0.717) is 5.69 Å². The Kier molecular flexibility index (Phi) is 5.98. The monoisotopic (exact) mass is 421 g/mol. The highest BCUT2D eigenvalue weighted by Crippen LogP contribution is 2.30. The third-order valence-electron chi connectivity index (χ3n) is 4.95. The molecule has 0 aliphatic carbocycles. The largest absolute Gasteiger partial charge is 0.360 e. The van der Waals surface area contributed by atoms with Crippen molar-refractivity contribution in [1.82, 2.24) is 4.31 Å². The maximum Gasteiger partial charge on any atom is 0.246 e. The highest BCUT2D eigenvalue weighted by molar-refractivity contribution is 7.89. The van der Waals surface area contributed by atoms with Crippen molar-refractivity contribution in [2.75, 3.05) is 30.9 Å². The van der Waals surface area contributed by atoms with Gasteiger partial charge in [-0.05, 0) is 49.6 Å². The zero-order valence-electron chi connectivity index (χ0n) is 16.1. The van der Waals surface area contributed by atoms with E-state index in [9.17, 15) is 13.2 Å². The van der Waals surface area contributed by atoms with Crippen molar-refractivity contribution >= 4 is 38.9 Å². The molecule has 0 fully saturated rings. The standard InChI is InChI=1S/C20H24ClN3O3S/c1-14(24-12-6-8-15-7-4-5-9-18(15)24)20(25)22-16-10-11-17(21)19(13-16)28(26,27)23(2)3/h4-5,7,9-11,13-14H,6,8,12H2,1-3H3,(H,22,25)/t14-/m1/s1. The number of para-hydroxylation sites is 1. The number of nitrogens with one attached hydrogen (secondary N) is 1. The molecular weight excluding hydrogens is 398 g/mol. The van der Waals surface area contributed by atoms with Crippen molar-refractivity contribution in [3.8, 4) is 0 Å². The van der Waals surface area contributed by atoms with Crippen LogP contribution in [0.1, 0.15) is 18.9 Å². The molecule has 1 aliphatic heterocycles. The second-order valence-corrected chi connectivity index (χ2v) is 9.55. The van der Waals surface area contributed by atoms with Crippen LogP contribution in [0.4, 0.5) is 11.4 Å². The summed E-state index contributed by atoms with van der Waals surface area (Å²) in [5, 5.41) is 2.94. The van der Waals surface area contributed by atoms with Crippen LogP contribution in [0.5, 0.6) is 0 Å². The fourth-order valence-corrected chi connectivity index (χ4v) is 4.72. The minimum atomic E-state index is -3.71. The average Bonchev–Trinajstić information content (AvgIpc) is 2.68. The van der Waals surface area contributed by atoms with E-state index in [2.05, 4.69) is 16.3 Å². The van der Waals surface area contributed by atoms with Crippen LogP contribution in [0.3, 0.4) is 0 Å². The molecule has 0 spiro atoms. The van der Waals surface area contributed by atoms with Gasteiger partial charge >= 0.3 is 0 Å². The smallest absolute Gasteiger partial charge is 0.246 e. The highest BCUT2D eigenvalue weighted by atomic mass is 35.5. The molecule has 3 rings (SSSR count). The molecule has 0 aromatic heterocycles. The number of aryl methyl sites for hydroxylation is 1. The molecule has 28 heavy (non-hydrogen) atoms. The van der Waals surface area contributed by atoms with E-state index in [1.807, 2.05) is 25.1 Å². The number of hydrogen-bond donors (Lipinski definition) is 1. The number of rotatable bonds is 5. The van der Waals surface area contributed by atoms with Crippen molar-refractivity contribution in [3.63, 3.8) is 0 Å². The van der Waals surface area contributed by atoms with Crippen LogP contribution in [-0.2, 0) is 21.2 Å². The zero-order valence-corrected chi connectivity index (χ0v) is 17.7. The topological polar surface area (TPSA) is 69.7 Å². The Morgan fingerprint density at radius 1 is 1.21 bits per heavy atom. The number of carbonyl (C=O) groups excluding carboxylic acids is 1. The number of amides is 1. The minimum absolute atomic E-state index is 0.0343. The Balaban J connectivity index is 1.82. The molecule has 0 saturated carbocycles. The highest BCUT2D eigenvalue weighted by Gasteiger charge is 2.27. The van der Waals surface area contributed by atoms with E-state index < -0.39 is 16.1 Å². The molecule has 8 heteroatoms. The maximum atomic E-state index is 12.9. The Morgan fingerprint density at radius 2 is 1.93 bits per heavy atom. The second-order valence-electron chi connectivity index (χ2n) is 7.02. The predicted octanol–water partition coefficient (Wildman–Crippen LogP) is 3.37. The lowest BCUT2D eigenvalue weighted by atomic mass is 10.00. The van der Waals surface area contributed by atoms with Crippen LogP contribution in [0, 0.1) is 0 Å². The molecule has 0 radical (unpaired) electrons. The first-order valence-electron chi connectivity index (χ1n) is 9.09. The summed E-state index contributed by atoms with van der Waals surface area (Å²) in [6.45, 7) is 2.65. The second kappa shape index (κ2) is 8.11. The predicted molar refractivity (Wildman–Crippen MR) is 113 cm³/mol. The molecule has 6 nitrogen and oxygen atoms in total. The van der Waals surface area contributed by atoms with Crippen molar-refractivity contribution in [3.05, 3.63) is 53.1 Å². The lowest BCUT2D eigenvalue weighted by Crippen LogP contribution is -2.44. The number of carbonyl (C=O) groups is 1. The first-order valence-corrected chi connectivity index (χ1v) is 10.9. The molecule has 150 valence electrons. The Bertz CT molecular complexity index is 992. The first kappa shape index (κ1) is 20.6. The van der Waals surface area contributed by atoms with Gasteiger partial charge in [0.25, 0.3) is 0 Å². The lowest BCUT2D eigenvalue weighted by Gasteiger charge is -2.35. The van der Waals surface area contributed by atoms with E-state index in [0.717, 1.165) is 29.4 Å². The molecule has 1 amide bonds. The van der Waals surface area contributed by atoms with Gasteiger partial charge in [0, 0.05) is 32.0 Å². The van der Waals surface area contributed by atoms with Gasteiger partial charge < -0.3 is 10.2 Å². The van der Waals surface area contributed by atoms with Gasteiger partial charge in [0.15, 0.2) is 0 Å². The van der Waals surface area contributed by atoms with Gasteiger partial charge in [-0.3, -0.25) is 4.79 Å². The van der Waals surface area contributed by atoms with Gasteiger partial charge in [0.05, 0.1) is 5.02 Å². The lowest BCUT2D eigenvalue weighted by molar-refractivity contribution is -0.117. The van der Waals surface area contributed by atoms with Crippen LogP contribution in [0.15, 0.2) is 47.4 Å². The fourth-order valence-electron chi connectivity index (χ4n) is 3.33. The van der Waals surface area contributed by atoms with Crippen LogP contribution >= 0.6 is 11.6 Å². The average molecular weight is 422 g/mol. The molecule has 0 bridgehead atoms. The molecule has 1 atom stereocenters. The molecular formula is C20H24ClN3O3S. The molecule has 1 aliphatic rings. The Morgan fingerprint density at radius 3 is 2.64 bits per heavy atom. The molecule has 0 saturated heterocycles. The van der Waals surface area contributed by atoms with E-state index in [1.54, 1.807) is 6.07 Å². The summed E-state index contributed by atoms with van der Waals surface area (Å²) in [6.07, 6.45) is 1.99. The summed E-state index contributed by atoms with van der Waals surface area (Å²) >= 11 is 6.08. The summed E-state index contributed by atoms with van der Waals surface area (Å²) in [7, 11) is -0.832. The summed E-state index contributed by atoms with van der Waals surface area (Å²) in [4.78, 5) is 14.9. The number of fused-ring (bicyclic) bond motifs is 1. The van der Waals surface area contributed by atoms with Crippen molar-refractivity contribution in [1.29, 1.82) is 0 Å². The van der Waals surface area contributed by atoms with Crippen LogP contribution in [-0.4, -0.2) is 45.3 Å². The normalized spacial score (nSPS) is 15.2. The van der Waals surface area contributed by atoms with Gasteiger partial charge in [-0.2, -0.15) is 0 Å². The summed E-state index contributed by atoms with van der Waals surface area (Å²) < 4.78 is 26.0. The SMILES string of the molecule is C[C@H](C(=O)Nc1ccc(Cl)c(S(=O)(=O)N(C)C)c1)N1CCCc2ccccc21. The van der Waals surface area contributed by atoms with Gasteiger partial charge in [0.1, 0.15) is 10.9 Å². The van der Waals surface area contributed by atoms with Crippen LogP contribution < -0.4 is 10.2 Å². The first-order chi connectivity index (χ1) is 13.2. The number of nitrogens with zero attached hydrogens (tertiary/aromatic N) is 2. The molecule has 2 aromatic rings. The fraction of sp³-hybridized carbons (Fsp3) is 0.350.